The minimum Gasteiger partial charge on any atom is -0.351 e. The maximum atomic E-state index is 12.1. The van der Waals surface area contributed by atoms with Gasteiger partial charge in [-0.2, -0.15) is 0 Å². The van der Waals surface area contributed by atoms with E-state index in [4.69, 9.17) is 0 Å². The third-order valence-corrected chi connectivity index (χ3v) is 4.28. The van der Waals surface area contributed by atoms with Crippen molar-refractivity contribution in [2.75, 3.05) is 5.32 Å². The van der Waals surface area contributed by atoms with Gasteiger partial charge in [-0.3, -0.25) is 9.78 Å². The molecule has 0 spiro atoms. The number of hydrogen-bond donors (Lipinski definition) is 2. The average molecular weight is 325 g/mol. The molecule has 0 aliphatic heterocycles. The van der Waals surface area contributed by atoms with Gasteiger partial charge < -0.3 is 10.6 Å². The molecule has 2 aromatic heterocycles. The van der Waals surface area contributed by atoms with Crippen molar-refractivity contribution < 1.29 is 4.79 Å². The van der Waals surface area contributed by atoms with Crippen LogP contribution in [-0.2, 0) is 6.54 Å². The Morgan fingerprint density at radius 1 is 1.08 bits per heavy atom. The highest BCUT2D eigenvalue weighted by molar-refractivity contribution is 5.93. The van der Waals surface area contributed by atoms with E-state index in [1.54, 1.807) is 24.8 Å². The zero-order chi connectivity index (χ0) is 16.6. The monoisotopic (exact) mass is 325 g/mol. The molecule has 3 rings (SSSR count). The predicted molar refractivity (Wildman–Crippen MR) is 92.6 cm³/mol. The van der Waals surface area contributed by atoms with E-state index in [2.05, 4.69) is 25.6 Å². The number of aromatic nitrogens is 3. The molecule has 1 fully saturated rings. The number of pyridine rings is 1. The third kappa shape index (κ3) is 4.75. The largest absolute Gasteiger partial charge is 0.351 e. The maximum absolute atomic E-state index is 12.1. The number of amides is 1. The highest BCUT2D eigenvalue weighted by Gasteiger charge is 2.13. The number of rotatable bonds is 5. The van der Waals surface area contributed by atoms with Crippen molar-refractivity contribution in [2.24, 2.45) is 0 Å². The van der Waals surface area contributed by atoms with Crippen molar-refractivity contribution >= 4 is 11.9 Å². The molecule has 2 N–H and O–H groups in total. The SMILES string of the molecule is O=C(NCc1cccnc1)c1cnc(NC2CCCCCC2)nc1. The zero-order valence-corrected chi connectivity index (χ0v) is 13.7. The topological polar surface area (TPSA) is 79.8 Å². The predicted octanol–water partition coefficient (Wildman–Crippen LogP) is 2.94. The first-order valence-electron chi connectivity index (χ1n) is 8.57. The van der Waals surface area contributed by atoms with Gasteiger partial charge in [-0.1, -0.05) is 31.7 Å². The van der Waals surface area contributed by atoms with Crippen molar-refractivity contribution in [3.05, 3.63) is 48.0 Å². The van der Waals surface area contributed by atoms with Gasteiger partial charge in [0.1, 0.15) is 0 Å². The van der Waals surface area contributed by atoms with Crippen molar-refractivity contribution in [3.63, 3.8) is 0 Å². The number of carbonyl (C=O) groups excluding carboxylic acids is 1. The molecule has 0 saturated heterocycles. The summed E-state index contributed by atoms with van der Waals surface area (Å²) in [5.74, 6) is 0.422. The molecule has 0 bridgehead atoms. The molecule has 1 aliphatic rings. The highest BCUT2D eigenvalue weighted by atomic mass is 16.1. The van der Waals surface area contributed by atoms with E-state index >= 15 is 0 Å². The number of hydrogen-bond acceptors (Lipinski definition) is 5. The van der Waals surface area contributed by atoms with Crippen LogP contribution < -0.4 is 10.6 Å². The number of anilines is 1. The van der Waals surface area contributed by atoms with Gasteiger partial charge in [0, 0.05) is 37.4 Å². The molecule has 6 heteroatoms. The fourth-order valence-corrected chi connectivity index (χ4v) is 2.91. The standard InChI is InChI=1S/C18H23N5O/c24-17(20-11-14-6-5-9-19-10-14)15-12-21-18(22-13-15)23-16-7-3-1-2-4-8-16/h5-6,9-10,12-13,16H,1-4,7-8,11H2,(H,20,24)(H,21,22,23). The Morgan fingerprint density at radius 2 is 1.83 bits per heavy atom. The molecule has 0 radical (unpaired) electrons. The molecule has 126 valence electrons. The number of nitrogens with one attached hydrogen (secondary N) is 2. The lowest BCUT2D eigenvalue weighted by molar-refractivity contribution is 0.0950. The van der Waals surface area contributed by atoms with Crippen LogP contribution in [0.5, 0.6) is 0 Å². The summed E-state index contributed by atoms with van der Waals surface area (Å²) in [7, 11) is 0. The molecule has 6 nitrogen and oxygen atoms in total. The highest BCUT2D eigenvalue weighted by Crippen LogP contribution is 2.19. The van der Waals surface area contributed by atoms with Crippen LogP contribution in [0.2, 0.25) is 0 Å². The van der Waals surface area contributed by atoms with Crippen LogP contribution in [0.1, 0.15) is 54.4 Å². The normalized spacial score (nSPS) is 15.5. The van der Waals surface area contributed by atoms with Crippen LogP contribution >= 0.6 is 0 Å². The molecule has 1 amide bonds. The number of carbonyl (C=O) groups is 1. The van der Waals surface area contributed by atoms with Crippen LogP contribution in [0, 0.1) is 0 Å². The fourth-order valence-electron chi connectivity index (χ4n) is 2.91. The Bertz CT molecular complexity index is 636. The molecule has 1 aliphatic carbocycles. The Labute approximate surface area is 142 Å². The van der Waals surface area contributed by atoms with E-state index in [0.717, 1.165) is 18.4 Å². The van der Waals surface area contributed by atoms with Gasteiger partial charge in [0.05, 0.1) is 5.56 Å². The van der Waals surface area contributed by atoms with E-state index in [0.29, 0.717) is 24.1 Å². The van der Waals surface area contributed by atoms with Gasteiger partial charge in [-0.05, 0) is 24.5 Å². The molecule has 1 saturated carbocycles. The molecule has 0 aromatic carbocycles. The van der Waals surface area contributed by atoms with Crippen molar-refractivity contribution in [3.8, 4) is 0 Å². The van der Waals surface area contributed by atoms with Crippen molar-refractivity contribution in [1.29, 1.82) is 0 Å². The summed E-state index contributed by atoms with van der Waals surface area (Å²) in [6, 6.07) is 4.21. The van der Waals surface area contributed by atoms with Gasteiger partial charge in [0.15, 0.2) is 0 Å². The second-order valence-corrected chi connectivity index (χ2v) is 6.17. The van der Waals surface area contributed by atoms with E-state index in [1.807, 2.05) is 12.1 Å². The van der Waals surface area contributed by atoms with Gasteiger partial charge in [0.25, 0.3) is 5.91 Å². The molecular weight excluding hydrogens is 302 g/mol. The van der Waals surface area contributed by atoms with Crippen LogP contribution in [-0.4, -0.2) is 26.9 Å². The van der Waals surface area contributed by atoms with E-state index in [1.165, 1.54) is 25.7 Å². The summed E-state index contributed by atoms with van der Waals surface area (Å²) in [6.45, 7) is 0.439. The molecule has 2 heterocycles. The fraction of sp³-hybridized carbons (Fsp3) is 0.444. The summed E-state index contributed by atoms with van der Waals surface area (Å²) in [6.07, 6.45) is 14.1. The summed E-state index contributed by atoms with van der Waals surface area (Å²) in [5, 5.41) is 6.23. The van der Waals surface area contributed by atoms with Crippen LogP contribution in [0.3, 0.4) is 0 Å². The quantitative estimate of drug-likeness (QED) is 0.826. The molecule has 0 atom stereocenters. The van der Waals surface area contributed by atoms with E-state index < -0.39 is 0 Å². The summed E-state index contributed by atoms with van der Waals surface area (Å²) in [4.78, 5) is 24.7. The third-order valence-electron chi connectivity index (χ3n) is 4.28. The van der Waals surface area contributed by atoms with Gasteiger partial charge in [-0.25, -0.2) is 9.97 Å². The molecule has 0 unspecified atom stereocenters. The van der Waals surface area contributed by atoms with Gasteiger partial charge in [-0.15, -0.1) is 0 Å². The molecular formula is C18H23N5O. The summed E-state index contributed by atoms with van der Waals surface area (Å²) < 4.78 is 0. The van der Waals surface area contributed by atoms with Gasteiger partial charge in [0.2, 0.25) is 5.95 Å². The minimum absolute atomic E-state index is 0.181. The lowest BCUT2D eigenvalue weighted by atomic mass is 10.1. The van der Waals surface area contributed by atoms with E-state index in [9.17, 15) is 4.79 Å². The first-order chi connectivity index (χ1) is 11.8. The first-order valence-corrected chi connectivity index (χ1v) is 8.57. The Kier molecular flexibility index (Phi) is 5.71. The van der Waals surface area contributed by atoms with E-state index in [-0.39, 0.29) is 5.91 Å². The maximum Gasteiger partial charge on any atom is 0.254 e. The van der Waals surface area contributed by atoms with Crippen LogP contribution in [0.4, 0.5) is 5.95 Å². The average Bonchev–Trinajstić information content (AvgIpc) is 2.90. The zero-order valence-electron chi connectivity index (χ0n) is 13.7. The van der Waals surface area contributed by atoms with Crippen molar-refractivity contribution in [2.45, 2.75) is 51.1 Å². The van der Waals surface area contributed by atoms with Crippen molar-refractivity contribution in [1.82, 2.24) is 20.3 Å². The lowest BCUT2D eigenvalue weighted by Crippen LogP contribution is -2.24. The first kappa shape index (κ1) is 16.4. The molecule has 2 aromatic rings. The summed E-state index contributed by atoms with van der Waals surface area (Å²) >= 11 is 0. The summed E-state index contributed by atoms with van der Waals surface area (Å²) in [5.41, 5.74) is 1.42. The Morgan fingerprint density at radius 3 is 2.50 bits per heavy atom. The van der Waals surface area contributed by atoms with Crippen LogP contribution in [0.25, 0.3) is 0 Å². The second-order valence-electron chi connectivity index (χ2n) is 6.17. The lowest BCUT2D eigenvalue weighted by Gasteiger charge is -2.15. The van der Waals surface area contributed by atoms with Crippen LogP contribution in [0.15, 0.2) is 36.9 Å². The Balaban J connectivity index is 1.52. The minimum atomic E-state index is -0.181. The second kappa shape index (κ2) is 8.38. The number of nitrogens with zero attached hydrogens (tertiary/aromatic N) is 3. The smallest absolute Gasteiger partial charge is 0.254 e. The Hall–Kier alpha value is -2.50. The molecule has 24 heavy (non-hydrogen) atoms. The van der Waals surface area contributed by atoms with Gasteiger partial charge >= 0.3 is 0 Å².